The maximum atomic E-state index is 13.2. The molecule has 3 fully saturated rings. The zero-order valence-corrected chi connectivity index (χ0v) is 15.5. The Hall–Kier alpha value is -1.42. The molecule has 8 nitrogen and oxygen atoms in total. The van der Waals surface area contributed by atoms with E-state index in [4.69, 9.17) is 9.47 Å². The van der Waals surface area contributed by atoms with Crippen molar-refractivity contribution < 1.29 is 22.7 Å². The standard InChI is InChI=1S/C17H25N3O5S/c21-16(19-6-3-4-7-19)14-11-13(12-18-14)26(22,23)20-8-2-1-5-15(20)17-24-9-10-25-17/h11-12,15,17-18H,1-10H2. The molecule has 1 amide bonds. The predicted octanol–water partition coefficient (Wildman–Crippen LogP) is 1.17. The SMILES string of the molecule is O=C(c1cc(S(=O)(=O)N2CCCCC2C2OCCO2)c[nH]1)N1CCCC1. The molecule has 1 atom stereocenters. The summed E-state index contributed by atoms with van der Waals surface area (Å²) in [6.45, 7) is 2.88. The van der Waals surface area contributed by atoms with Crippen LogP contribution in [0.4, 0.5) is 0 Å². The van der Waals surface area contributed by atoms with Crippen LogP contribution in [-0.2, 0) is 19.5 Å². The van der Waals surface area contributed by atoms with Crippen molar-refractivity contribution >= 4 is 15.9 Å². The first-order valence-electron chi connectivity index (χ1n) is 9.30. The molecule has 1 unspecified atom stereocenters. The molecular weight excluding hydrogens is 358 g/mol. The molecule has 1 N–H and O–H groups in total. The van der Waals surface area contributed by atoms with Gasteiger partial charge in [0.15, 0.2) is 6.29 Å². The molecule has 4 rings (SSSR count). The smallest absolute Gasteiger partial charge is 0.270 e. The van der Waals surface area contributed by atoms with Gasteiger partial charge in [-0.3, -0.25) is 4.79 Å². The Bertz CT molecular complexity index is 750. The van der Waals surface area contributed by atoms with Crippen LogP contribution in [-0.4, -0.2) is 73.7 Å². The molecule has 9 heteroatoms. The van der Waals surface area contributed by atoms with Crippen molar-refractivity contribution in [1.82, 2.24) is 14.2 Å². The van der Waals surface area contributed by atoms with E-state index in [1.807, 2.05) is 0 Å². The van der Waals surface area contributed by atoms with Gasteiger partial charge in [0.1, 0.15) is 10.6 Å². The number of sulfonamides is 1. The van der Waals surface area contributed by atoms with Gasteiger partial charge in [0.25, 0.3) is 5.91 Å². The molecule has 0 radical (unpaired) electrons. The van der Waals surface area contributed by atoms with E-state index in [9.17, 15) is 13.2 Å². The summed E-state index contributed by atoms with van der Waals surface area (Å²) < 4.78 is 39.0. The van der Waals surface area contributed by atoms with Crippen molar-refractivity contribution in [1.29, 1.82) is 0 Å². The number of ether oxygens (including phenoxy) is 2. The number of nitrogens with one attached hydrogen (secondary N) is 1. The van der Waals surface area contributed by atoms with E-state index < -0.39 is 16.3 Å². The third-order valence-corrected chi connectivity index (χ3v) is 7.25. The second-order valence-corrected chi connectivity index (χ2v) is 8.93. The van der Waals surface area contributed by atoms with Crippen molar-refractivity contribution in [2.45, 2.75) is 49.3 Å². The summed E-state index contributed by atoms with van der Waals surface area (Å²) in [6.07, 6.45) is 5.38. The molecule has 0 saturated carbocycles. The Kier molecular flexibility index (Phi) is 5.05. The number of rotatable bonds is 4. The van der Waals surface area contributed by atoms with E-state index in [-0.39, 0.29) is 16.8 Å². The minimum Gasteiger partial charge on any atom is -0.356 e. The number of aromatic nitrogens is 1. The quantitative estimate of drug-likeness (QED) is 0.843. The zero-order valence-electron chi connectivity index (χ0n) is 14.7. The highest BCUT2D eigenvalue weighted by Gasteiger charge is 2.41. The highest BCUT2D eigenvalue weighted by Crippen LogP contribution is 2.30. The molecule has 144 valence electrons. The number of likely N-dealkylation sites (tertiary alicyclic amines) is 1. The Labute approximate surface area is 153 Å². The Morgan fingerprint density at radius 1 is 1.08 bits per heavy atom. The number of aromatic amines is 1. The van der Waals surface area contributed by atoms with Gasteiger partial charge in [-0.2, -0.15) is 4.31 Å². The lowest BCUT2D eigenvalue weighted by atomic mass is 10.0. The van der Waals surface area contributed by atoms with Gasteiger partial charge in [0.2, 0.25) is 10.0 Å². The molecule has 3 aliphatic heterocycles. The molecule has 26 heavy (non-hydrogen) atoms. The van der Waals surface area contributed by atoms with Gasteiger partial charge < -0.3 is 19.4 Å². The van der Waals surface area contributed by atoms with E-state index in [2.05, 4.69) is 4.98 Å². The number of amides is 1. The Morgan fingerprint density at radius 3 is 2.50 bits per heavy atom. The van der Waals surface area contributed by atoms with Gasteiger partial charge in [-0.1, -0.05) is 6.42 Å². The first kappa shape index (κ1) is 18.0. The van der Waals surface area contributed by atoms with E-state index in [1.54, 1.807) is 4.90 Å². The highest BCUT2D eigenvalue weighted by atomic mass is 32.2. The maximum absolute atomic E-state index is 13.2. The zero-order chi connectivity index (χ0) is 18.1. The molecular formula is C17H25N3O5S. The minimum atomic E-state index is -3.71. The fourth-order valence-corrected chi connectivity index (χ4v) is 5.65. The van der Waals surface area contributed by atoms with Crippen LogP contribution in [0.3, 0.4) is 0 Å². The average molecular weight is 383 g/mol. The summed E-state index contributed by atoms with van der Waals surface area (Å²) in [7, 11) is -3.71. The van der Waals surface area contributed by atoms with Crippen LogP contribution in [0.15, 0.2) is 17.2 Å². The molecule has 1 aromatic rings. The molecule has 0 spiro atoms. The van der Waals surface area contributed by atoms with Gasteiger partial charge in [-0.25, -0.2) is 8.42 Å². The van der Waals surface area contributed by atoms with Crippen LogP contribution in [0.2, 0.25) is 0 Å². The van der Waals surface area contributed by atoms with Gasteiger partial charge in [0.05, 0.1) is 19.3 Å². The third-order valence-electron chi connectivity index (χ3n) is 5.35. The maximum Gasteiger partial charge on any atom is 0.270 e. The second-order valence-electron chi connectivity index (χ2n) is 7.04. The van der Waals surface area contributed by atoms with Crippen molar-refractivity contribution in [3.63, 3.8) is 0 Å². The van der Waals surface area contributed by atoms with Crippen LogP contribution >= 0.6 is 0 Å². The van der Waals surface area contributed by atoms with Crippen LogP contribution in [0.1, 0.15) is 42.6 Å². The van der Waals surface area contributed by atoms with Gasteiger partial charge in [-0.05, 0) is 31.7 Å². The molecule has 3 aliphatic rings. The fraction of sp³-hybridized carbons (Fsp3) is 0.706. The van der Waals surface area contributed by atoms with E-state index >= 15 is 0 Å². The van der Waals surface area contributed by atoms with Crippen molar-refractivity contribution in [3.8, 4) is 0 Å². The number of carbonyl (C=O) groups is 1. The fourth-order valence-electron chi connectivity index (χ4n) is 3.97. The van der Waals surface area contributed by atoms with Crippen LogP contribution in [0.5, 0.6) is 0 Å². The topological polar surface area (TPSA) is 91.9 Å². The lowest BCUT2D eigenvalue weighted by molar-refractivity contribution is -0.0913. The summed E-state index contributed by atoms with van der Waals surface area (Å²) in [4.78, 5) is 17.2. The average Bonchev–Trinajstić information content (AvgIpc) is 3.43. The largest absolute Gasteiger partial charge is 0.356 e. The number of H-pyrrole nitrogens is 1. The normalized spacial score (nSPS) is 25.8. The van der Waals surface area contributed by atoms with Crippen molar-refractivity contribution in [3.05, 3.63) is 18.0 Å². The van der Waals surface area contributed by atoms with Crippen LogP contribution in [0.25, 0.3) is 0 Å². The Balaban J connectivity index is 1.56. The molecule has 0 aromatic carbocycles. The van der Waals surface area contributed by atoms with E-state index in [0.29, 0.717) is 31.9 Å². The highest BCUT2D eigenvalue weighted by molar-refractivity contribution is 7.89. The number of carbonyl (C=O) groups excluding carboxylic acids is 1. The summed E-state index contributed by atoms with van der Waals surface area (Å²) in [5, 5.41) is 0. The van der Waals surface area contributed by atoms with Crippen LogP contribution < -0.4 is 0 Å². The Morgan fingerprint density at radius 2 is 1.77 bits per heavy atom. The molecule has 1 aromatic heterocycles. The summed E-state index contributed by atoms with van der Waals surface area (Å²) >= 11 is 0. The van der Waals surface area contributed by atoms with Gasteiger partial charge in [0, 0.05) is 25.8 Å². The first-order chi connectivity index (χ1) is 12.6. The number of hydrogen-bond donors (Lipinski definition) is 1. The summed E-state index contributed by atoms with van der Waals surface area (Å²) in [5.41, 5.74) is 0.326. The number of piperidine rings is 1. The predicted molar refractivity (Wildman–Crippen MR) is 93.2 cm³/mol. The summed E-state index contributed by atoms with van der Waals surface area (Å²) in [6, 6.07) is 1.14. The second kappa shape index (κ2) is 7.30. The monoisotopic (exact) mass is 383 g/mol. The third kappa shape index (κ3) is 3.28. The number of nitrogens with zero attached hydrogens (tertiary/aromatic N) is 2. The minimum absolute atomic E-state index is 0.130. The molecule has 0 bridgehead atoms. The number of hydrogen-bond acceptors (Lipinski definition) is 5. The van der Waals surface area contributed by atoms with E-state index in [0.717, 1.165) is 38.8 Å². The van der Waals surface area contributed by atoms with Gasteiger partial charge >= 0.3 is 0 Å². The first-order valence-corrected chi connectivity index (χ1v) is 10.7. The molecule has 4 heterocycles. The van der Waals surface area contributed by atoms with Crippen LogP contribution in [0, 0.1) is 0 Å². The lowest BCUT2D eigenvalue weighted by Gasteiger charge is -2.36. The lowest BCUT2D eigenvalue weighted by Crippen LogP contribution is -2.49. The van der Waals surface area contributed by atoms with Gasteiger partial charge in [-0.15, -0.1) is 0 Å². The van der Waals surface area contributed by atoms with E-state index in [1.165, 1.54) is 16.6 Å². The summed E-state index contributed by atoms with van der Waals surface area (Å²) in [5.74, 6) is -0.137. The molecule has 3 saturated heterocycles. The van der Waals surface area contributed by atoms with Crippen molar-refractivity contribution in [2.75, 3.05) is 32.8 Å². The molecule has 0 aliphatic carbocycles. The van der Waals surface area contributed by atoms with Crippen molar-refractivity contribution in [2.24, 2.45) is 0 Å².